The van der Waals surface area contributed by atoms with Crippen molar-refractivity contribution in [2.45, 2.75) is 39.5 Å². The minimum absolute atomic E-state index is 0.187. The Morgan fingerprint density at radius 3 is 2.47 bits per heavy atom. The number of hydrogen-bond acceptors (Lipinski definition) is 2. The molecule has 0 aliphatic rings. The van der Waals surface area contributed by atoms with Gasteiger partial charge in [0.15, 0.2) is 0 Å². The summed E-state index contributed by atoms with van der Waals surface area (Å²) < 4.78 is 0. The quantitative estimate of drug-likeness (QED) is 0.847. The van der Waals surface area contributed by atoms with Crippen LogP contribution in [0.25, 0.3) is 0 Å². The van der Waals surface area contributed by atoms with E-state index in [1.807, 2.05) is 0 Å². The lowest BCUT2D eigenvalue weighted by molar-refractivity contribution is 0.289. The van der Waals surface area contributed by atoms with Gasteiger partial charge in [-0.2, -0.15) is 0 Å². The van der Waals surface area contributed by atoms with Crippen molar-refractivity contribution in [3.8, 4) is 0 Å². The van der Waals surface area contributed by atoms with E-state index in [2.05, 4.69) is 56.9 Å². The summed E-state index contributed by atoms with van der Waals surface area (Å²) in [6, 6.07) is 8.72. The molecule has 0 heterocycles. The number of nitrogens with zero attached hydrogens (tertiary/aromatic N) is 1. The van der Waals surface area contributed by atoms with E-state index in [9.17, 15) is 0 Å². The molecule has 1 aromatic rings. The van der Waals surface area contributed by atoms with Gasteiger partial charge in [-0.15, -0.1) is 0 Å². The summed E-state index contributed by atoms with van der Waals surface area (Å²) in [6.07, 6.45) is 0.827. The van der Waals surface area contributed by atoms with E-state index >= 15 is 0 Å². The van der Waals surface area contributed by atoms with Crippen LogP contribution >= 0.6 is 0 Å². The average Bonchev–Trinajstić information content (AvgIpc) is 2.29. The van der Waals surface area contributed by atoms with Gasteiger partial charge in [0, 0.05) is 25.4 Å². The summed E-state index contributed by atoms with van der Waals surface area (Å²) in [4.78, 5) is 2.31. The maximum Gasteiger partial charge on any atom is 0.0447 e. The second kappa shape index (κ2) is 6.06. The van der Waals surface area contributed by atoms with E-state index in [0.717, 1.165) is 19.5 Å². The highest BCUT2D eigenvalue weighted by Gasteiger charge is 2.14. The molecule has 0 saturated carbocycles. The van der Waals surface area contributed by atoms with Crippen molar-refractivity contribution in [1.82, 2.24) is 0 Å². The largest absolute Gasteiger partial charge is 0.396 e. The summed E-state index contributed by atoms with van der Waals surface area (Å²) in [6.45, 7) is 11.0. The monoisotopic (exact) mass is 235 g/mol. The van der Waals surface area contributed by atoms with Crippen LogP contribution in [0.2, 0.25) is 0 Å². The van der Waals surface area contributed by atoms with Crippen LogP contribution in [0.1, 0.15) is 39.7 Å². The van der Waals surface area contributed by atoms with Crippen molar-refractivity contribution >= 4 is 5.69 Å². The van der Waals surface area contributed by atoms with Gasteiger partial charge in [-0.25, -0.2) is 0 Å². The molecule has 0 bridgehead atoms. The number of anilines is 1. The van der Waals surface area contributed by atoms with Gasteiger partial charge in [0.05, 0.1) is 0 Å². The number of hydrogen-bond donors (Lipinski definition) is 1. The molecule has 0 spiro atoms. The van der Waals surface area contributed by atoms with Gasteiger partial charge in [0.25, 0.3) is 0 Å². The minimum atomic E-state index is 0.187. The molecular formula is C15H25NO. The molecule has 0 amide bonds. The summed E-state index contributed by atoms with van der Waals surface area (Å²) in [5.74, 6) is 0. The summed E-state index contributed by atoms with van der Waals surface area (Å²) in [5.41, 5.74) is 2.80. The third-order valence-corrected chi connectivity index (χ3v) is 3.05. The van der Waals surface area contributed by atoms with Crippen LogP contribution in [-0.2, 0) is 5.41 Å². The lowest BCUT2D eigenvalue weighted by Crippen LogP contribution is -2.25. The molecule has 0 saturated heterocycles. The van der Waals surface area contributed by atoms with Crippen LogP contribution in [0.15, 0.2) is 24.3 Å². The topological polar surface area (TPSA) is 23.5 Å². The first-order chi connectivity index (χ1) is 7.99. The lowest BCUT2D eigenvalue weighted by Gasteiger charge is -2.26. The fourth-order valence-electron chi connectivity index (χ4n) is 1.90. The number of aliphatic hydroxyl groups is 1. The molecule has 0 fully saturated rings. The lowest BCUT2D eigenvalue weighted by atomic mass is 9.87. The zero-order chi connectivity index (χ0) is 12.9. The molecule has 1 aromatic carbocycles. The van der Waals surface area contributed by atoms with Crippen molar-refractivity contribution in [1.29, 1.82) is 0 Å². The van der Waals surface area contributed by atoms with Gasteiger partial charge >= 0.3 is 0 Å². The van der Waals surface area contributed by atoms with E-state index in [4.69, 9.17) is 5.11 Å². The van der Waals surface area contributed by atoms with Gasteiger partial charge in [-0.1, -0.05) is 32.9 Å². The van der Waals surface area contributed by atoms with Crippen LogP contribution < -0.4 is 4.90 Å². The van der Waals surface area contributed by atoms with Crippen LogP contribution in [-0.4, -0.2) is 24.8 Å². The third-order valence-electron chi connectivity index (χ3n) is 3.05. The Hall–Kier alpha value is -1.02. The molecule has 2 heteroatoms. The highest BCUT2D eigenvalue weighted by molar-refractivity contribution is 5.49. The van der Waals surface area contributed by atoms with Crippen molar-refractivity contribution in [2.24, 2.45) is 0 Å². The smallest absolute Gasteiger partial charge is 0.0447 e. The van der Waals surface area contributed by atoms with Crippen LogP contribution in [0, 0.1) is 0 Å². The normalized spacial score (nSPS) is 11.6. The molecule has 1 N–H and O–H groups in total. The van der Waals surface area contributed by atoms with Gasteiger partial charge in [-0.05, 0) is 36.5 Å². The zero-order valence-corrected chi connectivity index (χ0v) is 11.5. The fourth-order valence-corrected chi connectivity index (χ4v) is 1.90. The summed E-state index contributed by atoms with van der Waals surface area (Å²) >= 11 is 0. The maximum atomic E-state index is 8.91. The second-order valence-corrected chi connectivity index (χ2v) is 5.46. The fraction of sp³-hybridized carbons (Fsp3) is 0.600. The summed E-state index contributed by atoms with van der Waals surface area (Å²) in [5, 5.41) is 8.91. The van der Waals surface area contributed by atoms with Gasteiger partial charge in [0.1, 0.15) is 0 Å². The molecule has 2 nitrogen and oxygen atoms in total. The Morgan fingerprint density at radius 2 is 1.94 bits per heavy atom. The van der Waals surface area contributed by atoms with E-state index in [0.29, 0.717) is 0 Å². The predicted octanol–water partition coefficient (Wildman–Crippen LogP) is 3.19. The van der Waals surface area contributed by atoms with Crippen molar-refractivity contribution in [2.75, 3.05) is 24.6 Å². The molecule has 96 valence electrons. The predicted molar refractivity (Wildman–Crippen MR) is 74.7 cm³/mol. The Labute approximate surface area is 105 Å². The van der Waals surface area contributed by atoms with E-state index in [1.54, 1.807) is 0 Å². The number of rotatable bonds is 5. The van der Waals surface area contributed by atoms with E-state index < -0.39 is 0 Å². The van der Waals surface area contributed by atoms with Gasteiger partial charge in [0.2, 0.25) is 0 Å². The number of benzene rings is 1. The molecule has 0 aromatic heterocycles. The van der Waals surface area contributed by atoms with Gasteiger partial charge < -0.3 is 10.0 Å². The molecule has 0 unspecified atom stereocenters. The highest BCUT2D eigenvalue weighted by atomic mass is 16.3. The van der Waals surface area contributed by atoms with Crippen molar-refractivity contribution in [3.05, 3.63) is 29.8 Å². The third kappa shape index (κ3) is 4.04. The van der Waals surface area contributed by atoms with Crippen LogP contribution in [0.4, 0.5) is 5.69 Å². The molecule has 1 rings (SSSR count). The first-order valence-corrected chi connectivity index (χ1v) is 6.45. The number of aliphatic hydroxyl groups excluding tert-OH is 1. The summed E-state index contributed by atoms with van der Waals surface area (Å²) in [7, 11) is 0. The van der Waals surface area contributed by atoms with Crippen LogP contribution in [0.3, 0.4) is 0 Å². The van der Waals surface area contributed by atoms with E-state index in [1.165, 1.54) is 11.3 Å². The zero-order valence-electron chi connectivity index (χ0n) is 11.5. The molecule has 0 atom stereocenters. The van der Waals surface area contributed by atoms with Gasteiger partial charge in [-0.3, -0.25) is 0 Å². The Morgan fingerprint density at radius 1 is 1.24 bits per heavy atom. The molecule has 0 aliphatic heterocycles. The first-order valence-electron chi connectivity index (χ1n) is 6.45. The van der Waals surface area contributed by atoms with Crippen molar-refractivity contribution < 1.29 is 5.11 Å². The maximum absolute atomic E-state index is 8.91. The first kappa shape index (κ1) is 14.0. The Bertz CT molecular complexity index is 341. The Balaban J connectivity index is 2.89. The standard InChI is InChI=1S/C15H25NO/c1-5-16(10-7-11-17)14-9-6-8-13(12-14)15(2,3)4/h6,8-9,12,17H,5,7,10-11H2,1-4H3. The van der Waals surface area contributed by atoms with Crippen molar-refractivity contribution in [3.63, 3.8) is 0 Å². The molecule has 17 heavy (non-hydrogen) atoms. The molecule has 0 radical (unpaired) electrons. The van der Waals surface area contributed by atoms with E-state index in [-0.39, 0.29) is 12.0 Å². The highest BCUT2D eigenvalue weighted by Crippen LogP contribution is 2.26. The Kier molecular flexibility index (Phi) is 5.01. The van der Waals surface area contributed by atoms with Crippen LogP contribution in [0.5, 0.6) is 0 Å². The minimum Gasteiger partial charge on any atom is -0.396 e. The molecule has 0 aliphatic carbocycles. The SMILES string of the molecule is CCN(CCCO)c1cccc(C(C)(C)C)c1. The molecular weight excluding hydrogens is 210 g/mol. The second-order valence-electron chi connectivity index (χ2n) is 5.46. The average molecular weight is 235 g/mol.